The minimum absolute atomic E-state index is 0. The van der Waals surface area contributed by atoms with Gasteiger partial charge in [0.1, 0.15) is 6.04 Å². The first-order chi connectivity index (χ1) is 8.23. The van der Waals surface area contributed by atoms with Gasteiger partial charge in [0.15, 0.2) is 0 Å². The monoisotopic (exact) mass is 286 g/mol. The summed E-state index contributed by atoms with van der Waals surface area (Å²) in [6.45, 7) is -1.58. The molecule has 0 aromatic carbocycles. The van der Waals surface area contributed by atoms with E-state index in [1.807, 2.05) is 0 Å². The van der Waals surface area contributed by atoms with Crippen LogP contribution in [0.3, 0.4) is 0 Å². The van der Waals surface area contributed by atoms with Crippen LogP contribution in [0.1, 0.15) is 12.8 Å². The van der Waals surface area contributed by atoms with Crippen LogP contribution in [-0.4, -0.2) is 97.9 Å². The maximum absolute atomic E-state index is 10.9. The van der Waals surface area contributed by atoms with Gasteiger partial charge >= 0.3 is 23.9 Å². The van der Waals surface area contributed by atoms with E-state index in [1.54, 1.807) is 0 Å². The number of carbonyl (C=O) groups is 4. The van der Waals surface area contributed by atoms with E-state index in [9.17, 15) is 19.2 Å². The van der Waals surface area contributed by atoms with Gasteiger partial charge in [-0.25, -0.2) is 0 Å². The van der Waals surface area contributed by atoms with Crippen LogP contribution in [0.5, 0.6) is 0 Å². The molecule has 0 bridgehead atoms. The van der Waals surface area contributed by atoms with E-state index < -0.39 is 49.4 Å². The van der Waals surface area contributed by atoms with Gasteiger partial charge in [-0.3, -0.25) is 24.1 Å². The molecule has 0 aromatic heterocycles. The zero-order valence-electron chi connectivity index (χ0n) is 10.3. The molecule has 0 aliphatic heterocycles. The summed E-state index contributed by atoms with van der Waals surface area (Å²) < 4.78 is 0. The van der Waals surface area contributed by atoms with Gasteiger partial charge in [0.25, 0.3) is 0 Å². The number of hydrogen-bond donors (Lipinski definition) is 4. The summed E-state index contributed by atoms with van der Waals surface area (Å²) in [6, 6.07) is -1.46. The molecule has 103 valence electrons. The Hall–Kier alpha value is -1.16. The van der Waals surface area contributed by atoms with Crippen molar-refractivity contribution in [2.75, 3.05) is 13.1 Å². The Bertz CT molecular complexity index is 342. The molecule has 0 saturated carbocycles. The molecule has 0 unspecified atom stereocenters. The minimum Gasteiger partial charge on any atom is -0.481 e. The molecule has 0 aromatic rings. The molecule has 0 saturated heterocycles. The third kappa shape index (κ3) is 9.42. The van der Waals surface area contributed by atoms with Crippen LogP contribution in [0.25, 0.3) is 0 Å². The number of carboxylic acids is 4. The first-order valence-electron chi connectivity index (χ1n) is 4.86. The predicted octanol–water partition coefficient (Wildman–Crippen LogP) is -1.61. The zero-order valence-corrected chi connectivity index (χ0v) is 12.3. The summed E-state index contributed by atoms with van der Waals surface area (Å²) in [5.74, 6) is -5.48. The van der Waals surface area contributed by atoms with Crippen LogP contribution in [0, 0.1) is 0 Å². The van der Waals surface area contributed by atoms with E-state index in [2.05, 4.69) is 0 Å². The number of hydrogen-bond acceptors (Lipinski definition) is 5. The Labute approximate surface area is 130 Å². The molecule has 1 atom stereocenters. The van der Waals surface area contributed by atoms with Gasteiger partial charge in [-0.2, -0.15) is 0 Å². The number of carboxylic acid groups (broad SMARTS) is 4. The van der Waals surface area contributed by atoms with Crippen molar-refractivity contribution >= 4 is 53.4 Å². The van der Waals surface area contributed by atoms with Gasteiger partial charge in [-0.15, -0.1) is 0 Å². The molecular formula is C9H13NNaO8. The number of rotatable bonds is 9. The van der Waals surface area contributed by atoms with Gasteiger partial charge in [-0.05, 0) is 6.42 Å². The van der Waals surface area contributed by atoms with Gasteiger partial charge in [0.05, 0.1) is 13.1 Å². The number of nitrogens with zero attached hydrogens (tertiary/aromatic N) is 1. The molecule has 1 radical (unpaired) electrons. The van der Waals surface area contributed by atoms with Crippen molar-refractivity contribution < 1.29 is 39.6 Å². The van der Waals surface area contributed by atoms with Crippen LogP contribution in [-0.2, 0) is 19.2 Å². The number of aliphatic carboxylic acids is 4. The summed E-state index contributed by atoms with van der Waals surface area (Å²) in [7, 11) is 0. The summed E-state index contributed by atoms with van der Waals surface area (Å²) in [6.07, 6.45) is -0.863. The second kappa shape index (κ2) is 9.73. The molecule has 0 amide bonds. The molecule has 10 heteroatoms. The summed E-state index contributed by atoms with van der Waals surface area (Å²) in [5.41, 5.74) is 0. The molecular weight excluding hydrogens is 273 g/mol. The minimum atomic E-state index is -1.46. The van der Waals surface area contributed by atoms with Crippen LogP contribution in [0.4, 0.5) is 0 Å². The molecule has 19 heavy (non-hydrogen) atoms. The molecule has 0 rings (SSSR count). The van der Waals surface area contributed by atoms with E-state index in [4.69, 9.17) is 20.4 Å². The standard InChI is InChI=1S/C9H13NO8.Na/c11-6(12)2-1-5(9(17)18)10(3-7(13)14)4-8(15)16;/h5H,1-4H2,(H,11,12)(H,13,14)(H,15,16)(H,17,18);/t5-;/m0./s1. The topological polar surface area (TPSA) is 152 Å². The van der Waals surface area contributed by atoms with Gasteiger partial charge < -0.3 is 20.4 Å². The normalized spacial score (nSPS) is 11.4. The van der Waals surface area contributed by atoms with Crippen molar-refractivity contribution in [2.24, 2.45) is 0 Å². The maximum atomic E-state index is 10.9. The Morgan fingerprint density at radius 1 is 0.842 bits per heavy atom. The Morgan fingerprint density at radius 3 is 1.53 bits per heavy atom. The van der Waals surface area contributed by atoms with E-state index in [-0.39, 0.29) is 36.0 Å². The first-order valence-corrected chi connectivity index (χ1v) is 4.86. The second-order valence-corrected chi connectivity index (χ2v) is 3.48. The van der Waals surface area contributed by atoms with Crippen molar-refractivity contribution in [3.63, 3.8) is 0 Å². The fourth-order valence-electron chi connectivity index (χ4n) is 1.35. The summed E-state index contributed by atoms with van der Waals surface area (Å²) in [4.78, 5) is 43.0. The molecule has 0 fully saturated rings. The summed E-state index contributed by atoms with van der Waals surface area (Å²) in [5, 5.41) is 34.4. The zero-order chi connectivity index (χ0) is 14.3. The van der Waals surface area contributed by atoms with Crippen molar-refractivity contribution in [3.05, 3.63) is 0 Å². The largest absolute Gasteiger partial charge is 0.481 e. The molecule has 0 spiro atoms. The Morgan fingerprint density at radius 2 is 1.26 bits per heavy atom. The van der Waals surface area contributed by atoms with Crippen molar-refractivity contribution in [1.82, 2.24) is 4.90 Å². The molecule has 4 N–H and O–H groups in total. The van der Waals surface area contributed by atoms with Crippen molar-refractivity contribution in [1.29, 1.82) is 0 Å². The van der Waals surface area contributed by atoms with Crippen molar-refractivity contribution in [3.8, 4) is 0 Å². The predicted molar refractivity (Wildman–Crippen MR) is 60.9 cm³/mol. The van der Waals surface area contributed by atoms with E-state index in [0.717, 1.165) is 0 Å². The Kier molecular flexibility index (Phi) is 10.3. The van der Waals surface area contributed by atoms with Crippen LogP contribution >= 0.6 is 0 Å². The third-order valence-electron chi connectivity index (χ3n) is 2.03. The van der Waals surface area contributed by atoms with Gasteiger partial charge in [0, 0.05) is 36.0 Å². The van der Waals surface area contributed by atoms with Crippen LogP contribution < -0.4 is 0 Å². The van der Waals surface area contributed by atoms with Gasteiger partial charge in [0.2, 0.25) is 0 Å². The molecule has 9 nitrogen and oxygen atoms in total. The van der Waals surface area contributed by atoms with Crippen molar-refractivity contribution in [2.45, 2.75) is 18.9 Å². The fraction of sp³-hybridized carbons (Fsp3) is 0.556. The smallest absolute Gasteiger partial charge is 0.320 e. The average molecular weight is 286 g/mol. The van der Waals surface area contributed by atoms with E-state index in [1.165, 1.54) is 0 Å². The van der Waals surface area contributed by atoms with E-state index >= 15 is 0 Å². The second-order valence-electron chi connectivity index (χ2n) is 3.48. The van der Waals surface area contributed by atoms with E-state index in [0.29, 0.717) is 4.90 Å². The van der Waals surface area contributed by atoms with Crippen LogP contribution in [0.2, 0.25) is 0 Å². The van der Waals surface area contributed by atoms with Crippen LogP contribution in [0.15, 0.2) is 0 Å². The van der Waals surface area contributed by atoms with Gasteiger partial charge in [-0.1, -0.05) is 0 Å². The Balaban J connectivity index is 0. The SMILES string of the molecule is O=C(O)CC[C@@H](C(=O)O)N(CC(=O)O)CC(=O)O.[Na]. The molecule has 0 aliphatic rings. The quantitative estimate of drug-likeness (QED) is 0.367. The molecule has 0 heterocycles. The first kappa shape index (κ1) is 20.2. The average Bonchev–Trinajstić information content (AvgIpc) is 2.14. The third-order valence-corrected chi connectivity index (χ3v) is 2.03. The molecule has 0 aliphatic carbocycles. The maximum Gasteiger partial charge on any atom is 0.320 e. The summed E-state index contributed by atoms with van der Waals surface area (Å²) >= 11 is 0. The fourth-order valence-corrected chi connectivity index (χ4v) is 1.35.